The fraction of sp³-hybridized carbons (Fsp3) is 0.750. The zero-order valence-electron chi connectivity index (χ0n) is 28.3. The molecule has 4 atom stereocenters. The number of aryl methyl sites for hydroxylation is 1. The molecule has 3 rings (SSSR count). The van der Waals surface area contributed by atoms with Gasteiger partial charge in [-0.3, -0.25) is 18.7 Å². The van der Waals surface area contributed by atoms with Crippen molar-refractivity contribution in [1.82, 2.24) is 14.0 Å². The van der Waals surface area contributed by atoms with Gasteiger partial charge in [-0.1, -0.05) is 41.5 Å². The molecule has 1 aromatic heterocycles. The molecular formula is C28H50N4O9SSi2. The van der Waals surface area contributed by atoms with Gasteiger partial charge in [0.15, 0.2) is 28.5 Å². The number of nitrogens with zero attached hydrogens (tertiary/aromatic N) is 3. The molecule has 0 radical (unpaired) electrons. The highest BCUT2D eigenvalue weighted by molar-refractivity contribution is 7.90. The van der Waals surface area contributed by atoms with Gasteiger partial charge >= 0.3 is 5.69 Å². The van der Waals surface area contributed by atoms with Crippen molar-refractivity contribution in [3.63, 3.8) is 0 Å². The lowest BCUT2D eigenvalue weighted by Gasteiger charge is -2.43. The van der Waals surface area contributed by atoms with Crippen molar-refractivity contribution >= 4 is 32.7 Å². The number of rotatable bonds is 8. The molecule has 4 unspecified atom stereocenters. The molecule has 0 saturated carbocycles. The number of likely N-dealkylation sites (N-methyl/N-ethyl adjacent to an activating group) is 1. The van der Waals surface area contributed by atoms with Gasteiger partial charge in [-0.25, -0.2) is 8.98 Å². The second-order valence-corrected chi connectivity index (χ2v) is 26.0. The zero-order valence-corrected chi connectivity index (χ0v) is 31.1. The maximum absolute atomic E-state index is 14.0. The Hall–Kier alpha value is -2.09. The van der Waals surface area contributed by atoms with Crippen LogP contribution in [0.3, 0.4) is 0 Å². The molecule has 1 spiro atoms. The number of carbonyl (C=O) groups is 1. The van der Waals surface area contributed by atoms with Gasteiger partial charge < -0.3 is 24.2 Å². The van der Waals surface area contributed by atoms with Crippen LogP contribution in [-0.2, 0) is 39.2 Å². The second-order valence-electron chi connectivity index (χ2n) is 15.0. The van der Waals surface area contributed by atoms with Gasteiger partial charge in [-0.15, -0.1) is 0 Å². The Morgan fingerprint density at radius 2 is 1.61 bits per heavy atom. The molecular weight excluding hydrogens is 625 g/mol. The maximum atomic E-state index is 14.0. The first kappa shape index (κ1) is 36.4. The van der Waals surface area contributed by atoms with Crippen molar-refractivity contribution in [1.29, 1.82) is 0 Å². The third-order valence-corrected chi connectivity index (χ3v) is 19.5. The highest BCUT2D eigenvalue weighted by Gasteiger charge is 2.67. The number of aromatic nitrogens is 2. The summed E-state index contributed by atoms with van der Waals surface area (Å²) in [5.41, 5.74) is 3.24. The summed E-state index contributed by atoms with van der Waals surface area (Å²) in [6, 6.07) is 0. The number of carbonyl (C=O) groups excluding carboxylic acids is 1. The molecule has 2 aliphatic heterocycles. The van der Waals surface area contributed by atoms with Crippen LogP contribution in [0.5, 0.6) is 0 Å². The van der Waals surface area contributed by atoms with Crippen molar-refractivity contribution in [3.05, 3.63) is 43.7 Å². The number of hydrogen-bond acceptors (Lipinski definition) is 10. The lowest BCUT2D eigenvalue weighted by Crippen LogP contribution is -2.59. The third kappa shape index (κ3) is 6.57. The highest BCUT2D eigenvalue weighted by atomic mass is 32.2. The first-order valence-electron chi connectivity index (χ1n) is 14.6. The Morgan fingerprint density at radius 3 is 2.07 bits per heavy atom. The van der Waals surface area contributed by atoms with Crippen LogP contribution >= 0.6 is 0 Å². The van der Waals surface area contributed by atoms with E-state index >= 15 is 0 Å². The van der Waals surface area contributed by atoms with Gasteiger partial charge in [0.2, 0.25) is 5.91 Å². The van der Waals surface area contributed by atoms with Crippen LogP contribution in [-0.4, -0.2) is 83.5 Å². The van der Waals surface area contributed by atoms with Gasteiger partial charge in [0.05, 0.1) is 17.7 Å². The van der Waals surface area contributed by atoms with Crippen LogP contribution in [0.15, 0.2) is 26.9 Å². The van der Waals surface area contributed by atoms with Gasteiger partial charge in [0.25, 0.3) is 15.7 Å². The Kier molecular flexibility index (Phi) is 9.60. The van der Waals surface area contributed by atoms with E-state index in [0.717, 1.165) is 9.98 Å². The normalized spacial score (nSPS) is 25.8. The first-order valence-corrected chi connectivity index (χ1v) is 21.9. The SMILES string of the molecule is Cc1cn(C2OC(CO[Si](C)(C)C(C)(C)C)C3(OS(=O)(=O)C=C3N)C2O[Si](C)(C)C(C)(C)C)c(=O)n(CC(=O)N(C)C)c1=O. The van der Waals surface area contributed by atoms with Gasteiger partial charge in [-0.05, 0) is 43.2 Å². The van der Waals surface area contributed by atoms with Crippen molar-refractivity contribution in [3.8, 4) is 0 Å². The molecule has 1 amide bonds. The molecule has 0 aromatic carbocycles. The molecule has 1 saturated heterocycles. The fourth-order valence-corrected chi connectivity index (χ4v) is 8.08. The molecule has 44 heavy (non-hydrogen) atoms. The van der Waals surface area contributed by atoms with E-state index in [4.69, 9.17) is 23.5 Å². The van der Waals surface area contributed by atoms with Crippen LogP contribution in [0.2, 0.25) is 36.3 Å². The van der Waals surface area contributed by atoms with Crippen LogP contribution in [0.25, 0.3) is 0 Å². The molecule has 1 aromatic rings. The fourth-order valence-electron chi connectivity index (χ4n) is 4.57. The Balaban J connectivity index is 2.31. The maximum Gasteiger partial charge on any atom is 0.333 e. The molecule has 2 aliphatic rings. The molecule has 16 heteroatoms. The van der Waals surface area contributed by atoms with Crippen LogP contribution in [0, 0.1) is 6.92 Å². The van der Waals surface area contributed by atoms with E-state index in [1.807, 2.05) is 47.0 Å². The van der Waals surface area contributed by atoms with E-state index in [1.54, 1.807) is 0 Å². The molecule has 13 nitrogen and oxygen atoms in total. The minimum Gasteiger partial charge on any atom is -0.414 e. The zero-order chi connectivity index (χ0) is 34.0. The predicted octanol–water partition coefficient (Wildman–Crippen LogP) is 2.62. The molecule has 250 valence electrons. The van der Waals surface area contributed by atoms with Crippen LogP contribution in [0.1, 0.15) is 53.3 Å². The van der Waals surface area contributed by atoms with Gasteiger partial charge in [0.1, 0.15) is 18.8 Å². The summed E-state index contributed by atoms with van der Waals surface area (Å²) < 4.78 is 53.8. The third-order valence-electron chi connectivity index (χ3n) is 9.50. The number of amides is 1. The molecule has 0 aliphatic carbocycles. The Morgan fingerprint density at radius 1 is 1.07 bits per heavy atom. The monoisotopic (exact) mass is 674 g/mol. The first-order chi connectivity index (χ1) is 19.7. The van der Waals surface area contributed by atoms with Crippen LogP contribution < -0.4 is 17.0 Å². The topological polar surface area (TPSA) is 161 Å². The minimum atomic E-state index is -4.26. The lowest BCUT2D eigenvalue weighted by atomic mass is 9.89. The van der Waals surface area contributed by atoms with Crippen molar-refractivity contribution in [2.45, 2.75) is 115 Å². The van der Waals surface area contributed by atoms with Gasteiger partial charge in [-0.2, -0.15) is 8.42 Å². The van der Waals surface area contributed by atoms with Crippen molar-refractivity contribution in [2.75, 3.05) is 20.7 Å². The summed E-state index contributed by atoms with van der Waals surface area (Å²) in [5, 5.41) is 0.328. The summed E-state index contributed by atoms with van der Waals surface area (Å²) in [7, 11) is -6.36. The number of hydrogen-bond donors (Lipinski definition) is 1. The predicted molar refractivity (Wildman–Crippen MR) is 173 cm³/mol. The Bertz CT molecular complexity index is 1550. The summed E-state index contributed by atoms with van der Waals surface area (Å²) in [6.07, 6.45) is -2.30. The van der Waals surface area contributed by atoms with E-state index in [9.17, 15) is 22.8 Å². The summed E-state index contributed by atoms with van der Waals surface area (Å²) >= 11 is 0. The minimum absolute atomic E-state index is 0.0963. The molecule has 1 fully saturated rings. The van der Waals surface area contributed by atoms with E-state index in [1.165, 1.54) is 36.7 Å². The quantitative estimate of drug-likeness (QED) is 0.321. The lowest BCUT2D eigenvalue weighted by molar-refractivity contribution is -0.129. The molecule has 0 bridgehead atoms. The van der Waals surface area contributed by atoms with E-state index in [2.05, 4.69) is 20.8 Å². The molecule has 3 heterocycles. The average Bonchev–Trinajstić information content (AvgIpc) is 3.27. The van der Waals surface area contributed by atoms with E-state index in [-0.39, 0.29) is 27.9 Å². The average molecular weight is 675 g/mol. The number of nitrogens with two attached hydrogens (primary N) is 1. The largest absolute Gasteiger partial charge is 0.414 e. The standard InChI is InChI=1S/C28H50N4O9SSi2/c1-18-14-32(25(35)31(23(18)34)15-21(33)30(8)9)24-22(40-44(12,13)27(5,6)7)28(19(29)17-42(36,37)41-28)20(39-24)16-38-43(10,11)26(2,3)4/h14,17,20,22,24H,15-16,29H2,1-13H3. The van der Waals surface area contributed by atoms with Crippen molar-refractivity contribution < 1.29 is 31.0 Å². The Labute approximate surface area is 262 Å². The van der Waals surface area contributed by atoms with E-state index < -0.39 is 74.5 Å². The summed E-state index contributed by atoms with van der Waals surface area (Å²) in [6.45, 7) is 21.2. The van der Waals surface area contributed by atoms with Gasteiger partial charge in [0, 0.05) is 25.9 Å². The summed E-state index contributed by atoms with van der Waals surface area (Å²) in [4.78, 5) is 40.9. The van der Waals surface area contributed by atoms with Crippen molar-refractivity contribution in [2.24, 2.45) is 5.73 Å². The smallest absolute Gasteiger partial charge is 0.333 e. The number of ether oxygens (including phenoxy) is 1. The summed E-state index contributed by atoms with van der Waals surface area (Å²) in [5.74, 6) is -0.461. The van der Waals surface area contributed by atoms with Crippen LogP contribution in [0.4, 0.5) is 0 Å². The highest BCUT2D eigenvalue weighted by Crippen LogP contribution is 2.52. The second kappa shape index (κ2) is 11.6. The van der Waals surface area contributed by atoms with E-state index in [0.29, 0.717) is 0 Å². The molecule has 2 N–H and O–H groups in total.